The molecule has 0 amide bonds. The lowest BCUT2D eigenvalue weighted by Crippen LogP contribution is -2.26. The first-order valence-electron chi connectivity index (χ1n) is 7.32. The van der Waals surface area contributed by atoms with Crippen LogP contribution in [0.3, 0.4) is 0 Å². The highest BCUT2D eigenvalue weighted by Gasteiger charge is 2.31. The van der Waals surface area contributed by atoms with Gasteiger partial charge in [-0.15, -0.1) is 0 Å². The third kappa shape index (κ3) is 2.89. The quantitative estimate of drug-likeness (QED) is 0.638. The molecule has 1 aliphatic carbocycles. The number of nitrogen functional groups attached to an aromatic ring is 1. The van der Waals surface area contributed by atoms with Gasteiger partial charge in [-0.05, 0) is 36.8 Å². The highest BCUT2D eigenvalue weighted by Crippen LogP contribution is 2.41. The molecule has 0 spiro atoms. The van der Waals surface area contributed by atoms with Gasteiger partial charge in [-0.2, -0.15) is 0 Å². The van der Waals surface area contributed by atoms with Crippen LogP contribution in [0.5, 0.6) is 0 Å². The van der Waals surface area contributed by atoms with Crippen LogP contribution in [0.25, 0.3) is 0 Å². The van der Waals surface area contributed by atoms with E-state index in [0.717, 1.165) is 12.2 Å². The molecule has 1 aromatic rings. The lowest BCUT2D eigenvalue weighted by Gasteiger charge is -2.28. The van der Waals surface area contributed by atoms with Gasteiger partial charge >= 0.3 is 5.97 Å². The molecule has 0 aromatic heterocycles. The molecule has 3 N–H and O–H groups in total. The van der Waals surface area contributed by atoms with Crippen LogP contribution in [-0.4, -0.2) is 19.6 Å². The van der Waals surface area contributed by atoms with Crippen LogP contribution in [0.15, 0.2) is 18.2 Å². The maximum Gasteiger partial charge on any atom is 0.340 e. The number of carbonyl (C=O) groups excluding carboxylic acids is 1. The summed E-state index contributed by atoms with van der Waals surface area (Å²) >= 11 is 0. The second kappa shape index (κ2) is 6.16. The van der Waals surface area contributed by atoms with E-state index in [2.05, 4.69) is 12.2 Å². The third-order valence-electron chi connectivity index (χ3n) is 4.58. The number of nitrogens with two attached hydrogens (primary N) is 1. The van der Waals surface area contributed by atoms with Crippen LogP contribution < -0.4 is 11.1 Å². The number of carbonyl (C=O) groups is 1. The molecule has 0 bridgehead atoms. The van der Waals surface area contributed by atoms with Gasteiger partial charge in [0.25, 0.3) is 0 Å². The van der Waals surface area contributed by atoms with Crippen molar-refractivity contribution in [2.75, 3.05) is 24.7 Å². The minimum atomic E-state index is -0.391. The summed E-state index contributed by atoms with van der Waals surface area (Å²) in [5.74, 6) is -0.391. The van der Waals surface area contributed by atoms with Crippen LogP contribution in [-0.2, 0) is 4.74 Å². The number of para-hydroxylation sites is 1. The minimum Gasteiger partial charge on any atom is -0.465 e. The normalized spacial score (nSPS) is 16.9. The Kier molecular flexibility index (Phi) is 4.53. The predicted molar refractivity (Wildman–Crippen MR) is 81.9 cm³/mol. The van der Waals surface area contributed by atoms with Gasteiger partial charge < -0.3 is 15.8 Å². The Balaban J connectivity index is 2.12. The Morgan fingerprint density at radius 1 is 1.40 bits per heavy atom. The van der Waals surface area contributed by atoms with Crippen molar-refractivity contribution in [3.63, 3.8) is 0 Å². The zero-order valence-electron chi connectivity index (χ0n) is 12.4. The molecule has 0 unspecified atom stereocenters. The van der Waals surface area contributed by atoms with Crippen LogP contribution in [0.1, 0.15) is 49.4 Å². The molecule has 4 heteroatoms. The lowest BCUT2D eigenvalue weighted by molar-refractivity contribution is 0.0602. The fourth-order valence-corrected chi connectivity index (χ4v) is 3.07. The fraction of sp³-hybridized carbons (Fsp3) is 0.562. The molecule has 1 fully saturated rings. The summed E-state index contributed by atoms with van der Waals surface area (Å²) in [5.41, 5.74) is 8.18. The third-order valence-corrected chi connectivity index (χ3v) is 4.58. The van der Waals surface area contributed by atoms with Gasteiger partial charge in [0.2, 0.25) is 0 Å². The Labute approximate surface area is 120 Å². The molecule has 20 heavy (non-hydrogen) atoms. The highest BCUT2D eigenvalue weighted by atomic mass is 16.5. The number of ether oxygens (including phenoxy) is 1. The van der Waals surface area contributed by atoms with Crippen molar-refractivity contribution in [2.45, 2.75) is 39.0 Å². The molecule has 0 radical (unpaired) electrons. The molecule has 0 aliphatic heterocycles. The first-order chi connectivity index (χ1) is 9.62. The van der Waals surface area contributed by atoms with Gasteiger partial charge in [0.1, 0.15) is 0 Å². The Morgan fingerprint density at radius 2 is 2.10 bits per heavy atom. The van der Waals surface area contributed by atoms with Gasteiger partial charge in [-0.3, -0.25) is 0 Å². The molecular weight excluding hydrogens is 252 g/mol. The second-order valence-corrected chi connectivity index (χ2v) is 5.67. The molecule has 110 valence electrons. The zero-order chi connectivity index (χ0) is 14.6. The molecule has 2 rings (SSSR count). The molecule has 0 saturated heterocycles. The van der Waals surface area contributed by atoms with Crippen molar-refractivity contribution in [3.05, 3.63) is 23.8 Å². The number of benzene rings is 1. The maximum atomic E-state index is 11.6. The van der Waals surface area contributed by atoms with E-state index in [1.807, 2.05) is 12.1 Å². The van der Waals surface area contributed by atoms with E-state index in [1.54, 1.807) is 6.07 Å². The smallest absolute Gasteiger partial charge is 0.340 e. The second-order valence-electron chi connectivity index (χ2n) is 5.67. The standard InChI is InChI=1S/C16H24N2O2/c1-3-16(9-4-5-10-16)11-18-13-8-6-7-12(14(13)17)15(19)20-2/h6-8,18H,3-5,9-11,17H2,1-2H3. The number of hydrogen-bond acceptors (Lipinski definition) is 4. The Hall–Kier alpha value is -1.71. The number of hydrogen-bond donors (Lipinski definition) is 2. The summed E-state index contributed by atoms with van der Waals surface area (Å²) in [7, 11) is 1.37. The van der Waals surface area contributed by atoms with Crippen molar-refractivity contribution in [2.24, 2.45) is 5.41 Å². The molecule has 0 atom stereocenters. The number of methoxy groups -OCH3 is 1. The summed E-state index contributed by atoms with van der Waals surface area (Å²) in [6, 6.07) is 5.44. The van der Waals surface area contributed by atoms with E-state index in [-0.39, 0.29) is 0 Å². The van der Waals surface area contributed by atoms with Crippen molar-refractivity contribution in [1.29, 1.82) is 0 Å². The highest BCUT2D eigenvalue weighted by molar-refractivity contribution is 5.98. The van der Waals surface area contributed by atoms with Gasteiger partial charge in [0.05, 0.1) is 24.0 Å². The van der Waals surface area contributed by atoms with Crippen LogP contribution in [0, 0.1) is 5.41 Å². The van der Waals surface area contributed by atoms with E-state index in [9.17, 15) is 4.79 Å². The largest absolute Gasteiger partial charge is 0.465 e. The first-order valence-corrected chi connectivity index (χ1v) is 7.32. The van der Waals surface area contributed by atoms with E-state index >= 15 is 0 Å². The summed E-state index contributed by atoms with van der Waals surface area (Å²) in [4.78, 5) is 11.6. The van der Waals surface area contributed by atoms with Gasteiger partial charge in [0, 0.05) is 6.54 Å². The lowest BCUT2D eigenvalue weighted by atomic mass is 9.83. The van der Waals surface area contributed by atoms with E-state index in [4.69, 9.17) is 10.5 Å². The van der Waals surface area contributed by atoms with Crippen molar-refractivity contribution in [1.82, 2.24) is 0 Å². The monoisotopic (exact) mass is 276 g/mol. The van der Waals surface area contributed by atoms with Crippen molar-refractivity contribution >= 4 is 17.3 Å². The van der Waals surface area contributed by atoms with Crippen molar-refractivity contribution < 1.29 is 9.53 Å². The van der Waals surface area contributed by atoms with Gasteiger partial charge in [-0.25, -0.2) is 4.79 Å². The van der Waals surface area contributed by atoms with Crippen molar-refractivity contribution in [3.8, 4) is 0 Å². The summed E-state index contributed by atoms with van der Waals surface area (Å²) in [6.07, 6.45) is 6.34. The average Bonchev–Trinajstić information content (AvgIpc) is 2.95. The van der Waals surface area contributed by atoms with Gasteiger partial charge in [0.15, 0.2) is 0 Å². The molecule has 1 aromatic carbocycles. The number of anilines is 2. The molecular formula is C16H24N2O2. The minimum absolute atomic E-state index is 0.383. The summed E-state index contributed by atoms with van der Waals surface area (Å²) in [6.45, 7) is 3.17. The molecule has 1 aliphatic rings. The van der Waals surface area contributed by atoms with Crippen LogP contribution in [0.2, 0.25) is 0 Å². The molecule has 1 saturated carbocycles. The Bertz CT molecular complexity index is 479. The number of rotatable bonds is 5. The first kappa shape index (κ1) is 14.7. The topological polar surface area (TPSA) is 64.3 Å². The average molecular weight is 276 g/mol. The summed E-state index contributed by atoms with van der Waals surface area (Å²) < 4.78 is 4.74. The number of nitrogens with one attached hydrogen (secondary N) is 1. The Morgan fingerprint density at radius 3 is 2.70 bits per heavy atom. The van der Waals surface area contributed by atoms with Crippen LogP contribution in [0.4, 0.5) is 11.4 Å². The SMILES string of the molecule is CCC1(CNc2cccc(C(=O)OC)c2N)CCCC1. The van der Waals surface area contributed by atoms with E-state index in [0.29, 0.717) is 16.7 Å². The molecule has 4 nitrogen and oxygen atoms in total. The fourth-order valence-electron chi connectivity index (χ4n) is 3.07. The zero-order valence-corrected chi connectivity index (χ0v) is 12.4. The van der Waals surface area contributed by atoms with Crippen LogP contribution >= 0.6 is 0 Å². The van der Waals surface area contributed by atoms with E-state index in [1.165, 1.54) is 39.2 Å². The predicted octanol–water partition coefficient (Wildman–Crippen LogP) is 3.44. The van der Waals surface area contributed by atoms with Gasteiger partial charge in [-0.1, -0.05) is 25.8 Å². The number of esters is 1. The summed E-state index contributed by atoms with van der Waals surface area (Å²) in [5, 5.41) is 3.43. The molecule has 0 heterocycles. The van der Waals surface area contributed by atoms with E-state index < -0.39 is 5.97 Å². The maximum absolute atomic E-state index is 11.6.